The predicted molar refractivity (Wildman–Crippen MR) is 111 cm³/mol. The maximum absolute atomic E-state index is 13.2. The first-order chi connectivity index (χ1) is 13.9. The number of rotatable bonds is 5. The maximum Gasteiger partial charge on any atom is 0.260 e. The molecule has 0 bridgehead atoms. The molecule has 1 amide bonds. The van der Waals surface area contributed by atoms with Crippen molar-refractivity contribution in [1.82, 2.24) is 15.1 Å². The lowest BCUT2D eigenvalue weighted by atomic mass is 10.1. The van der Waals surface area contributed by atoms with Crippen molar-refractivity contribution in [2.75, 3.05) is 5.32 Å². The number of carbonyl (C=O) groups excluding carboxylic acids is 1. The average Bonchev–Trinajstić information content (AvgIpc) is 3.28. The second-order valence-corrected chi connectivity index (χ2v) is 8.48. The van der Waals surface area contributed by atoms with Gasteiger partial charge in [-0.1, -0.05) is 29.1 Å². The monoisotopic (exact) mass is 430 g/mol. The molecule has 10 heteroatoms. The van der Waals surface area contributed by atoms with Crippen LogP contribution in [0.2, 0.25) is 0 Å². The number of H-pyrrole nitrogens is 1. The third-order valence-electron chi connectivity index (χ3n) is 4.11. The molecular formula is C19H15FN4O3S2. The topological polar surface area (TPSA) is 101 Å². The van der Waals surface area contributed by atoms with Crippen LogP contribution in [0.1, 0.15) is 12.6 Å². The summed E-state index contributed by atoms with van der Waals surface area (Å²) in [6.07, 6.45) is 0. The third-order valence-corrected chi connectivity index (χ3v) is 5.97. The highest BCUT2D eigenvalue weighted by atomic mass is 32.2. The molecule has 0 radical (unpaired) electrons. The van der Waals surface area contributed by atoms with Gasteiger partial charge in [0.05, 0.1) is 16.3 Å². The molecular weight excluding hydrogens is 415 g/mol. The summed E-state index contributed by atoms with van der Waals surface area (Å²) >= 11 is 2.45. The molecule has 1 unspecified atom stereocenters. The average molecular weight is 430 g/mol. The minimum absolute atomic E-state index is 0.263. The number of thioether (sulfide) groups is 1. The van der Waals surface area contributed by atoms with E-state index in [0.29, 0.717) is 26.6 Å². The Morgan fingerprint density at radius 3 is 2.79 bits per heavy atom. The molecule has 1 atom stereocenters. The Labute approximate surface area is 172 Å². The van der Waals surface area contributed by atoms with E-state index in [4.69, 9.17) is 4.52 Å². The first kappa shape index (κ1) is 19.3. The van der Waals surface area contributed by atoms with E-state index in [1.54, 1.807) is 32.0 Å². The first-order valence-electron chi connectivity index (χ1n) is 8.59. The number of hydrogen-bond donors (Lipinski definition) is 2. The maximum atomic E-state index is 13.2. The van der Waals surface area contributed by atoms with Gasteiger partial charge < -0.3 is 9.51 Å². The molecule has 2 N–H and O–H groups in total. The number of aromatic amines is 1. The highest BCUT2D eigenvalue weighted by Gasteiger charge is 2.19. The Kier molecular flexibility index (Phi) is 5.20. The van der Waals surface area contributed by atoms with Crippen LogP contribution in [-0.2, 0) is 4.79 Å². The highest BCUT2D eigenvalue weighted by Crippen LogP contribution is 2.32. The molecule has 29 heavy (non-hydrogen) atoms. The van der Waals surface area contributed by atoms with Gasteiger partial charge >= 0.3 is 0 Å². The molecule has 3 aromatic heterocycles. The number of nitrogens with one attached hydrogen (secondary N) is 2. The van der Waals surface area contributed by atoms with Crippen LogP contribution in [0.5, 0.6) is 0 Å². The SMILES string of the molecule is Cc1cc(NC(=O)C(C)Sc2nc3scc(-c4ccc(F)cc4)c3c(=O)[nH]2)on1. The van der Waals surface area contributed by atoms with Crippen LogP contribution in [0.3, 0.4) is 0 Å². The van der Waals surface area contributed by atoms with Gasteiger partial charge in [0.15, 0.2) is 5.16 Å². The third kappa shape index (κ3) is 4.08. The quantitative estimate of drug-likeness (QED) is 0.363. The van der Waals surface area contributed by atoms with Gasteiger partial charge in [0.2, 0.25) is 11.8 Å². The Hall–Kier alpha value is -2.98. The molecule has 0 aliphatic rings. The Morgan fingerprint density at radius 1 is 1.34 bits per heavy atom. The van der Waals surface area contributed by atoms with Crippen molar-refractivity contribution >= 4 is 45.1 Å². The summed E-state index contributed by atoms with van der Waals surface area (Å²) in [4.78, 5) is 32.7. The zero-order valence-corrected chi connectivity index (χ0v) is 17.0. The van der Waals surface area contributed by atoms with Crippen molar-refractivity contribution in [3.05, 3.63) is 57.6 Å². The molecule has 7 nitrogen and oxygen atoms in total. The summed E-state index contributed by atoms with van der Waals surface area (Å²) < 4.78 is 18.2. The van der Waals surface area contributed by atoms with Crippen molar-refractivity contribution in [2.24, 2.45) is 0 Å². The second kappa shape index (κ2) is 7.80. The fourth-order valence-electron chi connectivity index (χ4n) is 2.69. The largest absolute Gasteiger partial charge is 0.338 e. The smallest absolute Gasteiger partial charge is 0.260 e. The van der Waals surface area contributed by atoms with Crippen molar-refractivity contribution in [3.63, 3.8) is 0 Å². The number of aromatic nitrogens is 3. The number of benzene rings is 1. The molecule has 3 heterocycles. The molecule has 0 spiro atoms. The number of amides is 1. The molecule has 0 aliphatic carbocycles. The normalized spacial score (nSPS) is 12.2. The number of aryl methyl sites for hydroxylation is 1. The van der Waals surface area contributed by atoms with Crippen LogP contribution in [0, 0.1) is 12.7 Å². The van der Waals surface area contributed by atoms with Crippen LogP contribution in [0.25, 0.3) is 21.3 Å². The second-order valence-electron chi connectivity index (χ2n) is 6.29. The van der Waals surface area contributed by atoms with Crippen LogP contribution in [-0.4, -0.2) is 26.3 Å². The van der Waals surface area contributed by atoms with Gasteiger partial charge in [-0.15, -0.1) is 11.3 Å². The molecule has 4 rings (SSSR count). The zero-order valence-electron chi connectivity index (χ0n) is 15.4. The Morgan fingerprint density at radius 2 is 2.10 bits per heavy atom. The lowest BCUT2D eigenvalue weighted by molar-refractivity contribution is -0.115. The number of fused-ring (bicyclic) bond motifs is 1. The number of thiophene rings is 1. The molecule has 0 saturated heterocycles. The van der Waals surface area contributed by atoms with Crippen molar-refractivity contribution in [1.29, 1.82) is 0 Å². The van der Waals surface area contributed by atoms with E-state index in [1.807, 2.05) is 5.38 Å². The van der Waals surface area contributed by atoms with Gasteiger partial charge in [-0.25, -0.2) is 9.37 Å². The standard InChI is InChI=1S/C19H15FN4O3S2/c1-9-7-14(27-24-9)21-16(25)10(2)29-19-22-17(26)15-13(8-28-18(15)23-19)11-3-5-12(20)6-4-11/h3-8,10H,1-2H3,(H,21,25)(H,22,23,26). The lowest BCUT2D eigenvalue weighted by Crippen LogP contribution is -2.23. The molecule has 0 aliphatic heterocycles. The number of nitrogens with zero attached hydrogens (tertiary/aromatic N) is 2. The number of carbonyl (C=O) groups is 1. The summed E-state index contributed by atoms with van der Waals surface area (Å²) in [5.41, 5.74) is 1.78. The van der Waals surface area contributed by atoms with Gasteiger partial charge in [-0.3, -0.25) is 14.9 Å². The predicted octanol–water partition coefficient (Wildman–Crippen LogP) is 4.21. The minimum atomic E-state index is -0.530. The fraction of sp³-hybridized carbons (Fsp3) is 0.158. The van der Waals surface area contributed by atoms with Crippen LogP contribution in [0.4, 0.5) is 10.3 Å². The van der Waals surface area contributed by atoms with Crippen molar-refractivity contribution < 1.29 is 13.7 Å². The molecule has 148 valence electrons. The van der Waals surface area contributed by atoms with E-state index in [1.165, 1.54) is 23.5 Å². The lowest BCUT2D eigenvalue weighted by Gasteiger charge is -2.09. The Balaban J connectivity index is 1.56. The van der Waals surface area contributed by atoms with Gasteiger partial charge in [0.25, 0.3) is 5.56 Å². The van der Waals surface area contributed by atoms with E-state index in [2.05, 4.69) is 20.4 Å². The summed E-state index contributed by atoms with van der Waals surface area (Å²) in [5, 5.41) is 8.41. The number of halogens is 1. The summed E-state index contributed by atoms with van der Waals surface area (Å²) in [6.45, 7) is 3.45. The molecule has 1 aromatic carbocycles. The van der Waals surface area contributed by atoms with E-state index in [0.717, 1.165) is 17.3 Å². The number of hydrogen-bond acceptors (Lipinski definition) is 7. The molecule has 0 saturated carbocycles. The summed E-state index contributed by atoms with van der Waals surface area (Å²) in [6, 6.07) is 7.55. The first-order valence-corrected chi connectivity index (χ1v) is 10.3. The van der Waals surface area contributed by atoms with Gasteiger partial charge in [0.1, 0.15) is 10.6 Å². The Bertz CT molecular complexity index is 1250. The number of anilines is 1. The van der Waals surface area contributed by atoms with Crippen LogP contribution in [0.15, 0.2) is 50.2 Å². The zero-order chi connectivity index (χ0) is 20.5. The van der Waals surface area contributed by atoms with E-state index < -0.39 is 5.25 Å². The fourth-order valence-corrected chi connectivity index (χ4v) is 4.50. The van der Waals surface area contributed by atoms with Gasteiger partial charge in [-0.2, -0.15) is 0 Å². The summed E-state index contributed by atoms with van der Waals surface area (Å²) in [5.74, 6) is -0.377. The van der Waals surface area contributed by atoms with Crippen LogP contribution >= 0.6 is 23.1 Å². The van der Waals surface area contributed by atoms with Gasteiger partial charge in [0, 0.05) is 17.0 Å². The van der Waals surface area contributed by atoms with Gasteiger partial charge in [-0.05, 0) is 31.5 Å². The minimum Gasteiger partial charge on any atom is -0.338 e. The molecule has 0 fully saturated rings. The van der Waals surface area contributed by atoms with E-state index in [-0.39, 0.29) is 23.2 Å². The highest BCUT2D eigenvalue weighted by molar-refractivity contribution is 8.00. The summed E-state index contributed by atoms with van der Waals surface area (Å²) in [7, 11) is 0. The molecule has 4 aromatic rings. The van der Waals surface area contributed by atoms with Crippen molar-refractivity contribution in [3.8, 4) is 11.1 Å². The van der Waals surface area contributed by atoms with E-state index in [9.17, 15) is 14.0 Å². The van der Waals surface area contributed by atoms with Crippen LogP contribution < -0.4 is 10.9 Å². The van der Waals surface area contributed by atoms with Crippen molar-refractivity contribution in [2.45, 2.75) is 24.3 Å². The van der Waals surface area contributed by atoms with E-state index >= 15 is 0 Å².